The molecule has 21 heavy (non-hydrogen) atoms. The first kappa shape index (κ1) is 17.1. The van der Waals surface area contributed by atoms with E-state index in [1.807, 2.05) is 12.1 Å². The van der Waals surface area contributed by atoms with Gasteiger partial charge in [0.25, 0.3) is 0 Å². The van der Waals surface area contributed by atoms with Crippen LogP contribution in [0.3, 0.4) is 0 Å². The lowest BCUT2D eigenvalue weighted by Crippen LogP contribution is -2.41. The molecule has 0 amide bonds. The molecule has 1 aliphatic carbocycles. The van der Waals surface area contributed by atoms with Crippen LogP contribution < -0.4 is 5.32 Å². The van der Waals surface area contributed by atoms with E-state index in [0.29, 0.717) is 11.1 Å². The molecule has 1 nitrogen and oxygen atoms in total. The van der Waals surface area contributed by atoms with Crippen LogP contribution in [0.1, 0.15) is 45.6 Å². The highest BCUT2D eigenvalue weighted by molar-refractivity contribution is 6.35. The molecule has 1 aromatic carbocycles. The molecule has 0 heterocycles. The topological polar surface area (TPSA) is 12.0 Å². The Morgan fingerprint density at radius 1 is 1.14 bits per heavy atom. The summed E-state index contributed by atoms with van der Waals surface area (Å²) in [6, 6.07) is 6.38. The summed E-state index contributed by atoms with van der Waals surface area (Å²) in [6.07, 6.45) is 5.02. The predicted octanol–water partition coefficient (Wildman–Crippen LogP) is 5.59. The Bertz CT molecular complexity index is 451. The maximum atomic E-state index is 6.36. The van der Waals surface area contributed by atoms with Crippen molar-refractivity contribution in [2.24, 2.45) is 17.8 Å². The molecule has 3 heteroatoms. The van der Waals surface area contributed by atoms with Crippen molar-refractivity contribution in [1.29, 1.82) is 0 Å². The number of rotatable bonds is 5. The molecule has 0 aromatic heterocycles. The van der Waals surface area contributed by atoms with Gasteiger partial charge in [-0.05, 0) is 67.7 Å². The number of hydrogen-bond acceptors (Lipinski definition) is 1. The van der Waals surface area contributed by atoms with Crippen molar-refractivity contribution in [2.75, 3.05) is 6.54 Å². The fourth-order valence-electron chi connectivity index (χ4n) is 3.93. The third kappa shape index (κ3) is 4.87. The maximum absolute atomic E-state index is 6.36. The third-order valence-corrected chi connectivity index (χ3v) is 5.29. The second kappa shape index (κ2) is 7.85. The summed E-state index contributed by atoms with van der Waals surface area (Å²) in [5.41, 5.74) is 1.21. The molecule has 118 valence electrons. The van der Waals surface area contributed by atoms with Crippen molar-refractivity contribution in [2.45, 2.75) is 52.5 Å². The van der Waals surface area contributed by atoms with Gasteiger partial charge in [-0.15, -0.1) is 0 Å². The van der Waals surface area contributed by atoms with Gasteiger partial charge in [-0.2, -0.15) is 0 Å². The first-order valence-corrected chi connectivity index (χ1v) is 8.92. The Kier molecular flexibility index (Phi) is 6.40. The van der Waals surface area contributed by atoms with Gasteiger partial charge in [-0.3, -0.25) is 0 Å². The standard InChI is InChI=1S/C18H27Cl2N/c1-4-21-18(15-8-12(2)7-13(3)9-15)10-14-5-6-16(19)11-17(14)20/h5-6,11-13,15,18,21H,4,7-10H2,1-3H3. The van der Waals surface area contributed by atoms with Crippen molar-refractivity contribution in [3.8, 4) is 0 Å². The fourth-order valence-corrected chi connectivity index (χ4v) is 4.42. The molecule has 0 radical (unpaired) electrons. The summed E-state index contributed by atoms with van der Waals surface area (Å²) in [5, 5.41) is 5.20. The SMILES string of the molecule is CCNC(Cc1ccc(Cl)cc1Cl)C1CC(C)CC(C)C1. The molecule has 0 bridgehead atoms. The zero-order chi connectivity index (χ0) is 15.4. The monoisotopic (exact) mass is 327 g/mol. The normalized spacial score (nSPS) is 27.6. The lowest BCUT2D eigenvalue weighted by molar-refractivity contribution is 0.176. The van der Waals surface area contributed by atoms with Crippen LogP contribution in [0, 0.1) is 17.8 Å². The zero-order valence-corrected chi connectivity index (χ0v) is 14.8. The van der Waals surface area contributed by atoms with Crippen LogP contribution in [0.4, 0.5) is 0 Å². The van der Waals surface area contributed by atoms with Crippen molar-refractivity contribution in [3.63, 3.8) is 0 Å². The van der Waals surface area contributed by atoms with Gasteiger partial charge in [0.05, 0.1) is 0 Å². The molecule has 3 atom stereocenters. The highest BCUT2D eigenvalue weighted by atomic mass is 35.5. The summed E-state index contributed by atoms with van der Waals surface area (Å²) in [5.74, 6) is 2.41. The van der Waals surface area contributed by atoms with Gasteiger partial charge in [0, 0.05) is 16.1 Å². The molecule has 0 aliphatic heterocycles. The second-order valence-corrected chi connectivity index (χ2v) is 7.63. The molecule has 0 spiro atoms. The summed E-state index contributed by atoms with van der Waals surface area (Å²) in [4.78, 5) is 0. The summed E-state index contributed by atoms with van der Waals surface area (Å²) in [7, 11) is 0. The predicted molar refractivity (Wildman–Crippen MR) is 93.3 cm³/mol. The summed E-state index contributed by atoms with van der Waals surface area (Å²) >= 11 is 12.4. The van der Waals surface area contributed by atoms with Crippen LogP contribution in [0.15, 0.2) is 18.2 Å². The van der Waals surface area contributed by atoms with Crippen LogP contribution in [0.25, 0.3) is 0 Å². The van der Waals surface area contributed by atoms with Gasteiger partial charge >= 0.3 is 0 Å². The Hall–Kier alpha value is -0.240. The van der Waals surface area contributed by atoms with E-state index in [4.69, 9.17) is 23.2 Å². The minimum atomic E-state index is 0.513. The quantitative estimate of drug-likeness (QED) is 0.743. The molecular formula is C18H27Cl2N. The molecule has 0 saturated heterocycles. The molecule has 2 rings (SSSR count). The molecule has 1 aromatic rings. The highest BCUT2D eigenvalue weighted by Crippen LogP contribution is 2.36. The zero-order valence-electron chi connectivity index (χ0n) is 13.3. The van der Waals surface area contributed by atoms with Crippen LogP contribution >= 0.6 is 23.2 Å². The van der Waals surface area contributed by atoms with E-state index in [1.54, 1.807) is 0 Å². The smallest absolute Gasteiger partial charge is 0.0453 e. The van der Waals surface area contributed by atoms with Gasteiger partial charge in [0.2, 0.25) is 0 Å². The molecular weight excluding hydrogens is 301 g/mol. The fraction of sp³-hybridized carbons (Fsp3) is 0.667. The van der Waals surface area contributed by atoms with Crippen LogP contribution in [-0.4, -0.2) is 12.6 Å². The number of halogens is 2. The lowest BCUT2D eigenvalue weighted by Gasteiger charge is -2.37. The number of hydrogen-bond donors (Lipinski definition) is 1. The first-order chi connectivity index (χ1) is 9.99. The van der Waals surface area contributed by atoms with E-state index in [0.717, 1.165) is 35.7 Å². The molecule has 1 fully saturated rings. The van der Waals surface area contributed by atoms with Crippen LogP contribution in [0.5, 0.6) is 0 Å². The Balaban J connectivity index is 2.11. The van der Waals surface area contributed by atoms with Gasteiger partial charge in [-0.1, -0.05) is 50.0 Å². The molecule has 1 N–H and O–H groups in total. The Labute approximate surface area is 139 Å². The average Bonchev–Trinajstić information content (AvgIpc) is 2.40. The summed E-state index contributed by atoms with van der Waals surface area (Å²) < 4.78 is 0. The van der Waals surface area contributed by atoms with Gasteiger partial charge in [0.15, 0.2) is 0 Å². The first-order valence-electron chi connectivity index (χ1n) is 8.16. The van der Waals surface area contributed by atoms with Crippen molar-refractivity contribution in [1.82, 2.24) is 5.32 Å². The van der Waals surface area contributed by atoms with Gasteiger partial charge in [-0.25, -0.2) is 0 Å². The third-order valence-electron chi connectivity index (χ3n) is 4.71. The number of benzene rings is 1. The largest absolute Gasteiger partial charge is 0.314 e. The van der Waals surface area contributed by atoms with E-state index in [9.17, 15) is 0 Å². The van der Waals surface area contributed by atoms with E-state index in [2.05, 4.69) is 32.2 Å². The summed E-state index contributed by atoms with van der Waals surface area (Å²) in [6.45, 7) is 7.98. The van der Waals surface area contributed by atoms with E-state index >= 15 is 0 Å². The van der Waals surface area contributed by atoms with Gasteiger partial charge in [0.1, 0.15) is 0 Å². The number of nitrogens with one attached hydrogen (secondary N) is 1. The molecule has 3 unspecified atom stereocenters. The van der Waals surface area contributed by atoms with Crippen molar-refractivity contribution in [3.05, 3.63) is 33.8 Å². The van der Waals surface area contributed by atoms with Crippen LogP contribution in [0.2, 0.25) is 10.0 Å². The molecule has 1 aliphatic rings. The van der Waals surface area contributed by atoms with E-state index in [-0.39, 0.29) is 0 Å². The maximum Gasteiger partial charge on any atom is 0.0453 e. The van der Waals surface area contributed by atoms with Crippen LogP contribution in [-0.2, 0) is 6.42 Å². The average molecular weight is 328 g/mol. The van der Waals surface area contributed by atoms with E-state index < -0.39 is 0 Å². The second-order valence-electron chi connectivity index (χ2n) is 6.78. The lowest BCUT2D eigenvalue weighted by atomic mass is 9.72. The van der Waals surface area contributed by atoms with Crippen molar-refractivity contribution >= 4 is 23.2 Å². The van der Waals surface area contributed by atoms with Crippen molar-refractivity contribution < 1.29 is 0 Å². The van der Waals surface area contributed by atoms with Gasteiger partial charge < -0.3 is 5.32 Å². The Morgan fingerprint density at radius 3 is 2.38 bits per heavy atom. The van der Waals surface area contributed by atoms with E-state index in [1.165, 1.54) is 24.8 Å². The highest BCUT2D eigenvalue weighted by Gasteiger charge is 2.30. The minimum absolute atomic E-state index is 0.513. The molecule has 1 saturated carbocycles. The minimum Gasteiger partial charge on any atom is -0.314 e. The Morgan fingerprint density at radius 2 is 1.81 bits per heavy atom. The number of likely N-dealkylation sites (N-methyl/N-ethyl adjacent to an activating group) is 1.